The lowest BCUT2D eigenvalue weighted by Gasteiger charge is -2.32. The van der Waals surface area contributed by atoms with Gasteiger partial charge in [0.25, 0.3) is 0 Å². The molecule has 1 aromatic rings. The molecule has 2 rings (SSSR count). The average molecular weight is 233 g/mol. The predicted molar refractivity (Wildman–Crippen MR) is 71.0 cm³/mol. The zero-order chi connectivity index (χ0) is 12.1. The molecule has 0 amide bonds. The van der Waals surface area contributed by atoms with E-state index in [-0.39, 0.29) is 6.10 Å². The molecule has 0 aromatic heterocycles. The number of aliphatic hydroxyl groups excluding tert-OH is 1. The largest absolute Gasteiger partial charge is 0.393 e. The zero-order valence-corrected chi connectivity index (χ0v) is 10.6. The number of hydrogen-bond donors (Lipinski definition) is 2. The van der Waals surface area contributed by atoms with Gasteiger partial charge < -0.3 is 10.4 Å². The maximum atomic E-state index is 9.21. The van der Waals surface area contributed by atoms with Crippen molar-refractivity contribution >= 4 is 0 Å². The van der Waals surface area contributed by atoms with Crippen LogP contribution in [-0.2, 0) is 6.42 Å². The molecule has 0 aliphatic heterocycles. The molecular formula is C15H23NO. The van der Waals surface area contributed by atoms with Crippen LogP contribution in [0, 0.1) is 5.92 Å². The van der Waals surface area contributed by atoms with Crippen molar-refractivity contribution in [2.75, 3.05) is 6.54 Å². The zero-order valence-electron chi connectivity index (χ0n) is 10.6. The molecule has 1 aromatic carbocycles. The van der Waals surface area contributed by atoms with E-state index in [1.165, 1.54) is 12.0 Å². The highest BCUT2D eigenvalue weighted by Crippen LogP contribution is 2.26. The third kappa shape index (κ3) is 4.14. The predicted octanol–water partition coefficient (Wildman–Crippen LogP) is 2.37. The summed E-state index contributed by atoms with van der Waals surface area (Å²) in [6.07, 6.45) is 4.26. The Balaban J connectivity index is 1.59. The summed E-state index contributed by atoms with van der Waals surface area (Å²) in [5.74, 6) is 0.698. The summed E-state index contributed by atoms with van der Waals surface area (Å²) < 4.78 is 0. The molecule has 94 valence electrons. The van der Waals surface area contributed by atoms with Crippen LogP contribution in [0.5, 0.6) is 0 Å². The van der Waals surface area contributed by atoms with Gasteiger partial charge in [0.05, 0.1) is 6.10 Å². The van der Waals surface area contributed by atoms with Crippen LogP contribution in [0.3, 0.4) is 0 Å². The number of rotatable bonds is 6. The van der Waals surface area contributed by atoms with Crippen LogP contribution in [0.1, 0.15) is 31.7 Å². The van der Waals surface area contributed by atoms with E-state index in [1.807, 2.05) is 0 Å². The van der Waals surface area contributed by atoms with Crippen LogP contribution in [0.25, 0.3) is 0 Å². The molecule has 2 nitrogen and oxygen atoms in total. The smallest absolute Gasteiger partial charge is 0.0546 e. The van der Waals surface area contributed by atoms with Crippen molar-refractivity contribution in [1.82, 2.24) is 5.32 Å². The topological polar surface area (TPSA) is 32.3 Å². The van der Waals surface area contributed by atoms with E-state index in [1.54, 1.807) is 0 Å². The summed E-state index contributed by atoms with van der Waals surface area (Å²) in [4.78, 5) is 0. The minimum atomic E-state index is -0.0265. The van der Waals surface area contributed by atoms with Crippen LogP contribution < -0.4 is 5.32 Å². The van der Waals surface area contributed by atoms with Gasteiger partial charge in [-0.2, -0.15) is 0 Å². The lowest BCUT2D eigenvalue weighted by atomic mass is 9.82. The van der Waals surface area contributed by atoms with Crippen molar-refractivity contribution in [2.24, 2.45) is 5.92 Å². The van der Waals surface area contributed by atoms with Gasteiger partial charge in [0.15, 0.2) is 0 Å². The van der Waals surface area contributed by atoms with Crippen molar-refractivity contribution in [1.29, 1.82) is 0 Å². The van der Waals surface area contributed by atoms with Crippen molar-refractivity contribution < 1.29 is 5.11 Å². The fraction of sp³-hybridized carbons (Fsp3) is 0.600. The summed E-state index contributed by atoms with van der Waals surface area (Å²) in [5.41, 5.74) is 1.42. The maximum absolute atomic E-state index is 9.21. The lowest BCUT2D eigenvalue weighted by Crippen LogP contribution is -2.39. The standard InChI is InChI=1S/C15H23NO/c1-12(16-11-14-9-15(17)10-14)7-8-13-5-3-2-4-6-13/h2-6,12,14-17H,7-11H2,1H3. The fourth-order valence-corrected chi connectivity index (χ4v) is 2.36. The Morgan fingerprint density at radius 2 is 2.00 bits per heavy atom. The van der Waals surface area contributed by atoms with Gasteiger partial charge in [0.1, 0.15) is 0 Å². The Kier molecular flexibility index (Phi) is 4.57. The second kappa shape index (κ2) is 6.18. The van der Waals surface area contributed by atoms with E-state index in [4.69, 9.17) is 0 Å². The summed E-state index contributed by atoms with van der Waals surface area (Å²) in [5, 5.41) is 12.8. The van der Waals surface area contributed by atoms with Gasteiger partial charge in [-0.05, 0) is 50.6 Å². The highest BCUT2D eigenvalue weighted by molar-refractivity contribution is 5.14. The minimum Gasteiger partial charge on any atom is -0.393 e. The molecule has 1 saturated carbocycles. The SMILES string of the molecule is CC(CCc1ccccc1)NCC1CC(O)C1. The van der Waals surface area contributed by atoms with Gasteiger partial charge in [-0.25, -0.2) is 0 Å². The Morgan fingerprint density at radius 3 is 2.65 bits per heavy atom. The molecule has 0 saturated heterocycles. The molecule has 1 unspecified atom stereocenters. The van der Waals surface area contributed by atoms with Crippen molar-refractivity contribution in [3.8, 4) is 0 Å². The van der Waals surface area contributed by atoms with E-state index in [9.17, 15) is 5.11 Å². The molecule has 17 heavy (non-hydrogen) atoms. The first-order valence-electron chi connectivity index (χ1n) is 6.69. The first kappa shape index (κ1) is 12.6. The van der Waals surface area contributed by atoms with Gasteiger partial charge in [-0.3, -0.25) is 0 Å². The third-order valence-electron chi connectivity index (χ3n) is 3.67. The Labute approximate surface area is 104 Å². The van der Waals surface area contributed by atoms with E-state index >= 15 is 0 Å². The molecule has 0 radical (unpaired) electrons. The number of aliphatic hydroxyl groups is 1. The molecule has 1 fully saturated rings. The van der Waals surface area contributed by atoms with Crippen molar-refractivity contribution in [3.05, 3.63) is 35.9 Å². The molecule has 1 atom stereocenters. The van der Waals surface area contributed by atoms with E-state index in [0.29, 0.717) is 12.0 Å². The summed E-state index contributed by atoms with van der Waals surface area (Å²) in [6, 6.07) is 11.2. The quantitative estimate of drug-likeness (QED) is 0.790. The van der Waals surface area contributed by atoms with Gasteiger partial charge >= 0.3 is 0 Å². The Bertz CT molecular complexity index is 319. The van der Waals surface area contributed by atoms with Crippen molar-refractivity contribution in [3.63, 3.8) is 0 Å². The van der Waals surface area contributed by atoms with Gasteiger partial charge in [0, 0.05) is 6.04 Å². The monoisotopic (exact) mass is 233 g/mol. The third-order valence-corrected chi connectivity index (χ3v) is 3.67. The molecule has 1 aliphatic rings. The first-order chi connectivity index (χ1) is 8.24. The van der Waals surface area contributed by atoms with E-state index < -0.39 is 0 Å². The minimum absolute atomic E-state index is 0.0265. The van der Waals surface area contributed by atoms with Crippen LogP contribution in [0.2, 0.25) is 0 Å². The Hall–Kier alpha value is -0.860. The Morgan fingerprint density at radius 1 is 1.29 bits per heavy atom. The number of aryl methyl sites for hydroxylation is 1. The normalized spacial score (nSPS) is 25.3. The van der Waals surface area contributed by atoms with Gasteiger partial charge in [-0.1, -0.05) is 30.3 Å². The first-order valence-corrected chi connectivity index (χ1v) is 6.69. The highest BCUT2D eigenvalue weighted by Gasteiger charge is 2.26. The summed E-state index contributed by atoms with van der Waals surface area (Å²) in [7, 11) is 0. The van der Waals surface area contributed by atoms with Crippen LogP contribution >= 0.6 is 0 Å². The van der Waals surface area contributed by atoms with Crippen LogP contribution in [0.4, 0.5) is 0 Å². The lowest BCUT2D eigenvalue weighted by molar-refractivity contribution is 0.0420. The van der Waals surface area contributed by atoms with Crippen LogP contribution in [0.15, 0.2) is 30.3 Å². The average Bonchev–Trinajstić information content (AvgIpc) is 2.32. The summed E-state index contributed by atoms with van der Waals surface area (Å²) in [6.45, 7) is 3.31. The van der Waals surface area contributed by atoms with Gasteiger partial charge in [0.2, 0.25) is 0 Å². The molecule has 2 N–H and O–H groups in total. The van der Waals surface area contributed by atoms with Gasteiger partial charge in [-0.15, -0.1) is 0 Å². The fourth-order valence-electron chi connectivity index (χ4n) is 2.36. The second-order valence-corrected chi connectivity index (χ2v) is 5.32. The maximum Gasteiger partial charge on any atom is 0.0546 e. The molecule has 0 heterocycles. The molecule has 2 heteroatoms. The van der Waals surface area contributed by atoms with Crippen molar-refractivity contribution in [2.45, 2.75) is 44.8 Å². The van der Waals surface area contributed by atoms with E-state index in [2.05, 4.69) is 42.6 Å². The summed E-state index contributed by atoms with van der Waals surface area (Å²) >= 11 is 0. The van der Waals surface area contributed by atoms with E-state index in [0.717, 1.165) is 25.8 Å². The molecular weight excluding hydrogens is 210 g/mol. The highest BCUT2D eigenvalue weighted by atomic mass is 16.3. The number of benzene rings is 1. The molecule has 0 bridgehead atoms. The molecule has 0 spiro atoms. The number of nitrogens with one attached hydrogen (secondary N) is 1. The number of hydrogen-bond acceptors (Lipinski definition) is 2. The second-order valence-electron chi connectivity index (χ2n) is 5.32. The van der Waals surface area contributed by atoms with Crippen LogP contribution in [-0.4, -0.2) is 23.8 Å². The molecule has 1 aliphatic carbocycles.